The molecular formula is C12H14F5NO5Si. The van der Waals surface area contributed by atoms with Crippen LogP contribution in [0.2, 0.25) is 6.04 Å². The van der Waals surface area contributed by atoms with Gasteiger partial charge in [0.15, 0.2) is 27.1 Å². The predicted octanol–water partition coefficient (Wildman–Crippen LogP) is 1.50. The summed E-state index contributed by atoms with van der Waals surface area (Å²) >= 11 is 0. The van der Waals surface area contributed by atoms with Crippen LogP contribution in [0.3, 0.4) is 0 Å². The third-order valence-electron chi connectivity index (χ3n) is 2.73. The lowest BCUT2D eigenvalue weighted by molar-refractivity contribution is -0.180. The Kier molecular flexibility index (Phi) is 8.04. The third kappa shape index (κ3) is 6.03. The number of unbranched alkanes of at least 4 members (excludes halogenated alkanes) is 1. The van der Waals surface area contributed by atoms with E-state index in [4.69, 9.17) is 10.2 Å². The van der Waals surface area contributed by atoms with Crippen molar-refractivity contribution in [3.8, 4) is 5.75 Å². The molecule has 1 aromatic carbocycles. The summed E-state index contributed by atoms with van der Waals surface area (Å²) in [6.45, 7) is -2.31. The van der Waals surface area contributed by atoms with Crippen LogP contribution < -0.4 is 4.74 Å². The lowest BCUT2D eigenvalue weighted by atomic mass is 10.3. The summed E-state index contributed by atoms with van der Waals surface area (Å²) in [6.07, 6.45) is -1.17. The van der Waals surface area contributed by atoms with Crippen LogP contribution in [-0.2, 0) is 4.43 Å². The molecule has 12 heteroatoms. The molecule has 1 amide bonds. The highest BCUT2D eigenvalue weighted by Gasteiger charge is 2.24. The fourth-order valence-electron chi connectivity index (χ4n) is 1.58. The molecule has 2 N–H and O–H groups in total. The highest BCUT2D eigenvalue weighted by molar-refractivity contribution is 6.26. The molecule has 0 saturated carbocycles. The van der Waals surface area contributed by atoms with Gasteiger partial charge in [0.25, 0.3) is 6.48 Å². The number of aliphatic hydroxyl groups excluding tert-OH is 1. The van der Waals surface area contributed by atoms with Crippen molar-refractivity contribution in [2.45, 2.75) is 25.4 Å². The Morgan fingerprint density at radius 3 is 2.46 bits per heavy atom. The molecule has 0 aliphatic heterocycles. The molecule has 1 aromatic rings. The monoisotopic (exact) mass is 375 g/mol. The topological polar surface area (TPSA) is 79.2 Å². The number of halogens is 5. The molecule has 0 saturated heterocycles. The molecule has 0 radical (unpaired) electrons. The highest BCUT2D eigenvalue weighted by Crippen LogP contribution is 2.25. The van der Waals surface area contributed by atoms with Crippen molar-refractivity contribution in [2.24, 2.45) is 0 Å². The first kappa shape index (κ1) is 20.3. The van der Waals surface area contributed by atoms with Gasteiger partial charge < -0.3 is 19.4 Å². The van der Waals surface area contributed by atoms with Crippen LogP contribution in [0.5, 0.6) is 5.75 Å². The Labute approximate surface area is 135 Å². The van der Waals surface area contributed by atoms with Gasteiger partial charge >= 0.3 is 6.09 Å². The third-order valence-corrected chi connectivity index (χ3v) is 4.05. The van der Waals surface area contributed by atoms with E-state index in [2.05, 4.69) is 9.16 Å². The Bertz CT molecular complexity index is 577. The minimum absolute atomic E-state index is 0.0859. The number of hydrogen-bond donors (Lipinski definition) is 2. The van der Waals surface area contributed by atoms with E-state index in [0.717, 1.165) is 0 Å². The van der Waals surface area contributed by atoms with Crippen LogP contribution in [0.15, 0.2) is 6.07 Å². The van der Waals surface area contributed by atoms with Gasteiger partial charge in [0, 0.05) is 6.07 Å². The fourth-order valence-corrected chi connectivity index (χ4v) is 2.51. The van der Waals surface area contributed by atoms with Crippen molar-refractivity contribution in [1.29, 1.82) is 0 Å². The van der Waals surface area contributed by atoms with Crippen molar-refractivity contribution in [1.82, 2.24) is 5.12 Å². The molecule has 1 rings (SSSR count). The van der Waals surface area contributed by atoms with E-state index in [9.17, 15) is 26.8 Å². The van der Waals surface area contributed by atoms with E-state index in [1.54, 1.807) is 0 Å². The van der Waals surface area contributed by atoms with Crippen molar-refractivity contribution in [3.05, 3.63) is 29.3 Å². The second-order valence-electron chi connectivity index (χ2n) is 4.51. The molecule has 0 unspecified atom stereocenters. The number of benzene rings is 1. The molecule has 0 fully saturated rings. The predicted molar refractivity (Wildman–Crippen MR) is 72.0 cm³/mol. The maximum Gasteiger partial charge on any atom is 0.443 e. The van der Waals surface area contributed by atoms with E-state index in [-0.39, 0.29) is 12.5 Å². The smallest absolute Gasteiger partial charge is 0.405 e. The summed E-state index contributed by atoms with van der Waals surface area (Å²) in [5.41, 5.74) is 0. The molecule has 0 atom stereocenters. The minimum Gasteiger partial charge on any atom is -0.405 e. The van der Waals surface area contributed by atoms with Crippen LogP contribution in [0.4, 0.5) is 26.8 Å². The fraction of sp³-hybridized carbons (Fsp3) is 0.417. The first-order chi connectivity index (χ1) is 11.2. The number of amides is 1. The largest absolute Gasteiger partial charge is 0.443 e. The molecule has 0 aromatic heterocycles. The second kappa shape index (κ2) is 9.51. The zero-order chi connectivity index (χ0) is 18.3. The summed E-state index contributed by atoms with van der Waals surface area (Å²) in [5.74, 6) is -9.29. The molecule has 136 valence electrons. The number of nitrogens with zero attached hydrogens (tertiary/aromatic N) is 1. The van der Waals surface area contributed by atoms with Gasteiger partial charge in [-0.05, 0) is 12.5 Å². The summed E-state index contributed by atoms with van der Waals surface area (Å²) in [4.78, 5) is 11.3. The summed E-state index contributed by atoms with van der Waals surface area (Å²) in [5, 5.41) is 16.4. The molecule has 6 nitrogen and oxygen atoms in total. The molecule has 0 aliphatic rings. The molecule has 0 heterocycles. The first-order valence-electron chi connectivity index (χ1n) is 6.70. The Balaban J connectivity index is 2.45. The van der Waals surface area contributed by atoms with E-state index in [1.807, 2.05) is 0 Å². The van der Waals surface area contributed by atoms with E-state index in [0.29, 0.717) is 12.5 Å². The number of aliphatic hydroxyl groups is 2. The van der Waals surface area contributed by atoms with E-state index >= 15 is 0 Å². The lowest BCUT2D eigenvalue weighted by Gasteiger charge is -2.13. The van der Waals surface area contributed by atoms with Gasteiger partial charge in [-0.25, -0.2) is 18.0 Å². The number of carbonyl (C=O) groups is 1. The normalized spacial score (nSPS) is 11.5. The number of rotatable bonds is 8. The molecule has 0 aliphatic carbocycles. The minimum atomic E-state index is -2.18. The molecule has 0 spiro atoms. The van der Waals surface area contributed by atoms with Crippen molar-refractivity contribution in [3.63, 3.8) is 0 Å². The standard InChI is InChI=1S/C12H14F5NO5Si/c13-6-5-7(9(15)10(16)8(6)14)22-11(19)18(17)3-1-2-4-24-23-12(20)21/h5,12,20-21H,1-4,24H2. The second-order valence-corrected chi connectivity index (χ2v) is 5.96. The molecular weight excluding hydrogens is 361 g/mol. The zero-order valence-electron chi connectivity index (χ0n) is 12.1. The maximum absolute atomic E-state index is 13.4. The maximum atomic E-state index is 13.4. The van der Waals surface area contributed by atoms with Gasteiger partial charge in [-0.1, -0.05) is 10.9 Å². The van der Waals surface area contributed by atoms with Crippen LogP contribution in [0.1, 0.15) is 12.8 Å². The van der Waals surface area contributed by atoms with Gasteiger partial charge in [0.05, 0.1) is 6.54 Å². The van der Waals surface area contributed by atoms with Crippen molar-refractivity contribution in [2.75, 3.05) is 6.54 Å². The molecule has 0 bridgehead atoms. The summed E-state index contributed by atoms with van der Waals surface area (Å²) < 4.78 is 74.0. The van der Waals surface area contributed by atoms with Crippen LogP contribution in [0.25, 0.3) is 0 Å². The van der Waals surface area contributed by atoms with Gasteiger partial charge in [0.1, 0.15) is 0 Å². The van der Waals surface area contributed by atoms with Crippen molar-refractivity contribution < 1.29 is 46.2 Å². The quantitative estimate of drug-likeness (QED) is 0.137. The van der Waals surface area contributed by atoms with Gasteiger partial charge in [-0.3, -0.25) is 0 Å². The first-order valence-corrected chi connectivity index (χ1v) is 8.27. The Morgan fingerprint density at radius 2 is 1.83 bits per heavy atom. The van der Waals surface area contributed by atoms with E-state index < -0.39 is 63.0 Å². The Morgan fingerprint density at radius 1 is 1.17 bits per heavy atom. The average molecular weight is 375 g/mol. The van der Waals surface area contributed by atoms with Crippen LogP contribution in [-0.4, -0.2) is 44.2 Å². The van der Waals surface area contributed by atoms with Gasteiger partial charge in [-0.15, -0.1) is 5.12 Å². The lowest BCUT2D eigenvalue weighted by Crippen LogP contribution is -2.27. The van der Waals surface area contributed by atoms with Crippen LogP contribution >= 0.6 is 0 Å². The summed E-state index contributed by atoms with van der Waals surface area (Å²) in [7, 11) is -1.19. The Hall–Kier alpha value is -1.76. The van der Waals surface area contributed by atoms with Crippen molar-refractivity contribution >= 4 is 15.9 Å². The number of hydrogen-bond acceptors (Lipinski definition) is 5. The van der Waals surface area contributed by atoms with Gasteiger partial charge in [0.2, 0.25) is 11.6 Å². The zero-order valence-corrected chi connectivity index (χ0v) is 13.6. The summed E-state index contributed by atoms with van der Waals surface area (Å²) in [6, 6.07) is 0.562. The number of ether oxygens (including phenoxy) is 1. The number of carbonyl (C=O) groups excluding carboxylic acids is 1. The average Bonchev–Trinajstić information content (AvgIpc) is 2.53. The van der Waals surface area contributed by atoms with E-state index in [1.165, 1.54) is 0 Å². The molecule has 24 heavy (non-hydrogen) atoms. The van der Waals surface area contributed by atoms with Crippen LogP contribution in [0, 0.1) is 23.3 Å². The highest BCUT2D eigenvalue weighted by atomic mass is 28.2. The van der Waals surface area contributed by atoms with Gasteiger partial charge in [-0.2, -0.15) is 4.39 Å². The SMILES string of the molecule is O=C(Oc1cc(F)c(F)c(F)c1F)N(F)CCCC[SiH2]OC(O)O.